The Morgan fingerprint density at radius 1 is 1.03 bits per heavy atom. The highest BCUT2D eigenvalue weighted by Gasteiger charge is 2.37. The molecule has 3 N–H and O–H groups in total. The van der Waals surface area contributed by atoms with Crippen LogP contribution in [0.1, 0.15) is 22.3 Å². The minimum atomic E-state index is -5.05. The number of hydrogen-bond donors (Lipinski definition) is 2. The lowest BCUT2D eigenvalue weighted by molar-refractivity contribution is -0.143. The van der Waals surface area contributed by atoms with E-state index in [4.69, 9.17) is 5.73 Å². The number of carbonyl (C=O) groups is 1. The fourth-order valence-electron chi connectivity index (χ4n) is 2.71. The van der Waals surface area contributed by atoms with Gasteiger partial charge in [-0.05, 0) is 30.3 Å². The van der Waals surface area contributed by atoms with Gasteiger partial charge in [0.15, 0.2) is 0 Å². The molecule has 0 spiro atoms. The third-order valence-corrected chi connectivity index (χ3v) is 4.15. The van der Waals surface area contributed by atoms with Crippen LogP contribution in [0.15, 0.2) is 41.5 Å². The zero-order chi connectivity index (χ0) is 23.8. The normalized spacial score (nSPS) is 14.9. The third kappa shape index (κ3) is 4.95. The highest BCUT2D eigenvalue weighted by atomic mass is 19.4. The molecule has 170 valence electrons. The lowest BCUT2D eigenvalue weighted by Crippen LogP contribution is -2.33. The molecule has 0 saturated carbocycles. The number of aromatic nitrogens is 1. The average molecular weight is 465 g/mol. The zero-order valence-corrected chi connectivity index (χ0v) is 15.5. The first kappa shape index (κ1) is 23.0. The fourth-order valence-corrected chi connectivity index (χ4v) is 2.71. The van der Waals surface area contributed by atoms with Crippen LogP contribution in [0, 0.1) is 11.9 Å². The van der Waals surface area contributed by atoms with E-state index in [2.05, 4.69) is 15.4 Å². The number of alkyl halides is 6. The Kier molecular flexibility index (Phi) is 5.80. The summed E-state index contributed by atoms with van der Waals surface area (Å²) in [4.78, 5) is 18.4. The van der Waals surface area contributed by atoms with Gasteiger partial charge in [-0.1, -0.05) is 0 Å². The minimum absolute atomic E-state index is 0.0355. The first-order valence-corrected chi connectivity index (χ1v) is 8.47. The molecule has 1 aliphatic rings. The van der Waals surface area contributed by atoms with E-state index in [1.807, 2.05) is 0 Å². The molecule has 1 aromatic heterocycles. The van der Waals surface area contributed by atoms with Crippen molar-refractivity contribution in [3.05, 3.63) is 70.7 Å². The van der Waals surface area contributed by atoms with Crippen molar-refractivity contribution >= 4 is 17.3 Å². The van der Waals surface area contributed by atoms with E-state index in [-0.39, 0.29) is 18.6 Å². The van der Waals surface area contributed by atoms with Crippen molar-refractivity contribution in [1.29, 1.82) is 0 Å². The van der Waals surface area contributed by atoms with Gasteiger partial charge in [0.2, 0.25) is 11.9 Å². The van der Waals surface area contributed by atoms with Crippen LogP contribution in [0.25, 0.3) is 5.57 Å². The fraction of sp³-hybridized carbons (Fsp3) is 0.167. The predicted molar refractivity (Wildman–Crippen MR) is 94.1 cm³/mol. The quantitative estimate of drug-likeness (QED) is 0.412. The number of amidine groups is 1. The number of amides is 1. The molecule has 14 heteroatoms. The molecule has 6 nitrogen and oxygen atoms in total. The van der Waals surface area contributed by atoms with Crippen LogP contribution in [-0.4, -0.2) is 28.4 Å². The highest BCUT2D eigenvalue weighted by molar-refractivity contribution is 6.18. The van der Waals surface area contributed by atoms with Crippen molar-refractivity contribution in [1.82, 2.24) is 15.4 Å². The van der Waals surface area contributed by atoms with Crippen molar-refractivity contribution in [3.8, 4) is 0 Å². The number of nitrogens with one attached hydrogen (secondary N) is 1. The van der Waals surface area contributed by atoms with Crippen LogP contribution in [-0.2, 0) is 17.1 Å². The SMILES string of the molecule is NC(=O)/C(=C\N1CN=C(c2cc(C(F)(F)F)cc(C(F)(F)F)c2)N1)c1ccc(F)nc1F. The van der Waals surface area contributed by atoms with Gasteiger partial charge in [-0.15, -0.1) is 0 Å². The molecule has 0 aliphatic carbocycles. The Bertz CT molecular complexity index is 1090. The Labute approximate surface area is 174 Å². The number of carbonyl (C=O) groups excluding carboxylic acids is 1. The number of hydrazine groups is 1. The predicted octanol–water partition coefficient (Wildman–Crippen LogP) is 3.45. The molecule has 3 rings (SSSR count). The van der Waals surface area contributed by atoms with Crippen LogP contribution >= 0.6 is 0 Å². The summed E-state index contributed by atoms with van der Waals surface area (Å²) in [5.41, 5.74) is 3.00. The molecular weight excluding hydrogens is 454 g/mol. The summed E-state index contributed by atoms with van der Waals surface area (Å²) >= 11 is 0. The van der Waals surface area contributed by atoms with Crippen molar-refractivity contribution in [3.63, 3.8) is 0 Å². The van der Waals surface area contributed by atoms with Gasteiger partial charge in [-0.25, -0.2) is 4.99 Å². The van der Waals surface area contributed by atoms with Crippen LogP contribution < -0.4 is 11.2 Å². The van der Waals surface area contributed by atoms with E-state index in [0.717, 1.165) is 23.3 Å². The zero-order valence-electron chi connectivity index (χ0n) is 15.5. The molecule has 1 aliphatic heterocycles. The molecule has 0 fully saturated rings. The molecule has 0 radical (unpaired) electrons. The number of pyridine rings is 1. The Morgan fingerprint density at radius 3 is 2.12 bits per heavy atom. The van der Waals surface area contributed by atoms with Crippen LogP contribution in [0.4, 0.5) is 35.1 Å². The molecule has 1 aromatic carbocycles. The van der Waals surface area contributed by atoms with Gasteiger partial charge in [-0.3, -0.25) is 15.2 Å². The summed E-state index contributed by atoms with van der Waals surface area (Å²) in [5, 5.41) is 0.964. The van der Waals surface area contributed by atoms with Crippen LogP contribution in [0.5, 0.6) is 0 Å². The molecule has 1 amide bonds. The standard InChI is InChI=1S/C18H11F8N5O/c19-13-2-1-11(14(20)29-13)12(15(27)32)6-31-7-28-16(30-31)8-3-9(17(21,22)23)5-10(4-8)18(24,25)26/h1-6H,7H2,(H2,27,32)(H,28,30)/b12-6-. The summed E-state index contributed by atoms with van der Waals surface area (Å²) in [7, 11) is 0. The second-order valence-corrected chi connectivity index (χ2v) is 6.40. The maximum Gasteiger partial charge on any atom is 0.416 e. The Morgan fingerprint density at radius 2 is 1.62 bits per heavy atom. The van der Waals surface area contributed by atoms with Gasteiger partial charge < -0.3 is 5.73 Å². The van der Waals surface area contributed by atoms with E-state index in [1.54, 1.807) is 0 Å². The summed E-state index contributed by atoms with van der Waals surface area (Å²) < 4.78 is 105. The largest absolute Gasteiger partial charge is 0.416 e. The minimum Gasteiger partial charge on any atom is -0.366 e. The van der Waals surface area contributed by atoms with Crippen molar-refractivity contribution in [2.75, 3.05) is 6.67 Å². The molecule has 2 heterocycles. The maximum absolute atomic E-state index is 13.9. The van der Waals surface area contributed by atoms with E-state index in [0.29, 0.717) is 12.1 Å². The van der Waals surface area contributed by atoms with Gasteiger partial charge in [0.25, 0.3) is 5.91 Å². The van der Waals surface area contributed by atoms with Gasteiger partial charge >= 0.3 is 12.4 Å². The molecule has 2 aromatic rings. The molecule has 0 atom stereocenters. The summed E-state index contributed by atoms with van der Waals surface area (Å²) in [6.45, 7) is -0.375. The topological polar surface area (TPSA) is 83.6 Å². The maximum atomic E-state index is 13.9. The third-order valence-electron chi connectivity index (χ3n) is 4.15. The summed E-state index contributed by atoms with van der Waals surface area (Å²) in [5.74, 6) is -4.06. The highest BCUT2D eigenvalue weighted by Crippen LogP contribution is 2.36. The number of nitrogens with zero attached hydrogens (tertiary/aromatic N) is 3. The molecular formula is C18H11F8N5O. The molecule has 0 bridgehead atoms. The smallest absolute Gasteiger partial charge is 0.366 e. The number of aliphatic imine (C=N–C) groups is 1. The van der Waals surface area contributed by atoms with Gasteiger partial charge in [0.05, 0.1) is 16.7 Å². The lowest BCUT2D eigenvalue weighted by atomic mass is 10.0. The number of rotatable bonds is 4. The average Bonchev–Trinajstić information content (AvgIpc) is 3.13. The Balaban J connectivity index is 1.94. The lowest BCUT2D eigenvalue weighted by Gasteiger charge is -2.17. The first-order chi connectivity index (χ1) is 14.8. The van der Waals surface area contributed by atoms with Crippen molar-refractivity contribution in [2.24, 2.45) is 10.7 Å². The van der Waals surface area contributed by atoms with E-state index in [1.165, 1.54) is 0 Å². The van der Waals surface area contributed by atoms with Crippen molar-refractivity contribution in [2.45, 2.75) is 12.4 Å². The van der Waals surface area contributed by atoms with Crippen molar-refractivity contribution < 1.29 is 39.9 Å². The number of hydrogen-bond acceptors (Lipinski definition) is 5. The first-order valence-electron chi connectivity index (χ1n) is 8.47. The molecule has 32 heavy (non-hydrogen) atoms. The number of primary amides is 1. The van der Waals surface area contributed by atoms with Gasteiger partial charge in [-0.2, -0.15) is 40.1 Å². The van der Waals surface area contributed by atoms with E-state index < -0.39 is 58.0 Å². The molecule has 0 saturated heterocycles. The second-order valence-electron chi connectivity index (χ2n) is 6.40. The summed E-state index contributed by atoms with van der Waals surface area (Å²) in [6, 6.07) is 2.54. The number of halogens is 8. The van der Waals surface area contributed by atoms with Gasteiger partial charge in [0.1, 0.15) is 12.5 Å². The molecule has 0 unspecified atom stereocenters. The number of nitrogens with two attached hydrogens (primary N) is 1. The van der Waals surface area contributed by atoms with E-state index >= 15 is 0 Å². The van der Waals surface area contributed by atoms with Crippen LogP contribution in [0.2, 0.25) is 0 Å². The van der Waals surface area contributed by atoms with E-state index in [9.17, 15) is 39.9 Å². The second kappa shape index (κ2) is 8.09. The number of benzene rings is 1. The summed E-state index contributed by atoms with van der Waals surface area (Å²) in [6.07, 6.45) is -9.20. The van der Waals surface area contributed by atoms with Gasteiger partial charge in [0, 0.05) is 17.3 Å². The van der Waals surface area contributed by atoms with Crippen LogP contribution in [0.3, 0.4) is 0 Å². The Hall–Kier alpha value is -3.71. The monoisotopic (exact) mass is 465 g/mol.